The van der Waals surface area contributed by atoms with Gasteiger partial charge in [-0.25, -0.2) is 4.98 Å². The highest BCUT2D eigenvalue weighted by Gasteiger charge is 2.19. The van der Waals surface area contributed by atoms with Crippen LogP contribution in [0.4, 0.5) is 0 Å². The molecule has 2 aromatic rings. The molecule has 1 aliphatic rings. The summed E-state index contributed by atoms with van der Waals surface area (Å²) in [6.45, 7) is 4.73. The minimum Gasteiger partial charge on any atom is -0.369 e. The van der Waals surface area contributed by atoms with Crippen molar-refractivity contribution in [1.29, 1.82) is 0 Å². The van der Waals surface area contributed by atoms with Gasteiger partial charge in [0.1, 0.15) is 6.10 Å². The molecule has 1 unspecified atom stereocenters. The zero-order valence-electron chi connectivity index (χ0n) is 11.9. The topological polar surface area (TPSA) is 39.1 Å². The van der Waals surface area contributed by atoms with Crippen molar-refractivity contribution in [3.63, 3.8) is 0 Å². The Bertz CT molecular complexity index is 541. The van der Waals surface area contributed by atoms with Gasteiger partial charge in [0.2, 0.25) is 0 Å². The van der Waals surface area contributed by atoms with Crippen molar-refractivity contribution in [3.05, 3.63) is 48.0 Å². The third-order valence-corrected chi connectivity index (χ3v) is 3.68. The molecule has 1 saturated heterocycles. The van der Waals surface area contributed by atoms with Crippen LogP contribution in [0.1, 0.15) is 30.7 Å². The van der Waals surface area contributed by atoms with E-state index in [0.717, 1.165) is 37.5 Å². The normalized spacial score (nSPS) is 19.1. The van der Waals surface area contributed by atoms with E-state index in [1.165, 1.54) is 12.0 Å². The number of nitrogens with one attached hydrogen (secondary N) is 1. The minimum atomic E-state index is 0.0848. The van der Waals surface area contributed by atoms with Gasteiger partial charge in [0, 0.05) is 18.8 Å². The zero-order valence-corrected chi connectivity index (χ0v) is 11.9. The summed E-state index contributed by atoms with van der Waals surface area (Å²) in [6.07, 6.45) is 6.16. The van der Waals surface area contributed by atoms with Crippen LogP contribution in [0.25, 0.3) is 5.69 Å². The van der Waals surface area contributed by atoms with Crippen LogP contribution < -0.4 is 5.32 Å². The van der Waals surface area contributed by atoms with Crippen LogP contribution in [-0.4, -0.2) is 29.2 Å². The van der Waals surface area contributed by atoms with Gasteiger partial charge >= 0.3 is 0 Å². The number of hydrogen-bond acceptors (Lipinski definition) is 3. The number of morpholine rings is 1. The number of hydrogen-bond donors (Lipinski definition) is 1. The Labute approximate surface area is 119 Å². The number of benzene rings is 1. The highest BCUT2D eigenvalue weighted by molar-refractivity contribution is 5.36. The van der Waals surface area contributed by atoms with E-state index in [4.69, 9.17) is 4.74 Å². The van der Waals surface area contributed by atoms with E-state index in [1.54, 1.807) is 0 Å². The second-order valence-corrected chi connectivity index (χ2v) is 5.17. The fourth-order valence-electron chi connectivity index (χ4n) is 2.63. The highest BCUT2D eigenvalue weighted by atomic mass is 16.5. The van der Waals surface area contributed by atoms with Gasteiger partial charge < -0.3 is 14.6 Å². The molecule has 1 N–H and O–H groups in total. The Morgan fingerprint density at radius 2 is 2.20 bits per heavy atom. The lowest BCUT2D eigenvalue weighted by molar-refractivity contribution is 0.0240. The van der Waals surface area contributed by atoms with E-state index >= 15 is 0 Å². The molecule has 3 rings (SSSR count). The van der Waals surface area contributed by atoms with Crippen molar-refractivity contribution in [1.82, 2.24) is 14.9 Å². The van der Waals surface area contributed by atoms with Gasteiger partial charge in [0.15, 0.2) is 0 Å². The number of rotatable bonds is 4. The van der Waals surface area contributed by atoms with Gasteiger partial charge in [-0.2, -0.15) is 0 Å². The SMILES string of the molecule is CCCc1ccc(-n2cncc2C2CNCCO2)cc1. The number of imidazole rings is 1. The molecule has 0 aliphatic carbocycles. The summed E-state index contributed by atoms with van der Waals surface area (Å²) < 4.78 is 7.94. The van der Waals surface area contributed by atoms with E-state index in [1.807, 2.05) is 12.5 Å². The molecule has 1 aromatic heterocycles. The Kier molecular flexibility index (Phi) is 4.14. The Morgan fingerprint density at radius 3 is 2.90 bits per heavy atom. The molecule has 0 spiro atoms. The number of aryl methyl sites for hydroxylation is 1. The maximum Gasteiger partial charge on any atom is 0.112 e. The highest BCUT2D eigenvalue weighted by Crippen LogP contribution is 2.22. The van der Waals surface area contributed by atoms with Crippen LogP contribution in [-0.2, 0) is 11.2 Å². The van der Waals surface area contributed by atoms with Gasteiger partial charge in [-0.05, 0) is 24.1 Å². The van der Waals surface area contributed by atoms with Crippen molar-refractivity contribution >= 4 is 0 Å². The number of aromatic nitrogens is 2. The molecule has 1 aliphatic heterocycles. The summed E-state index contributed by atoms with van der Waals surface area (Å²) in [5, 5.41) is 3.36. The average Bonchev–Trinajstić information content (AvgIpc) is 2.99. The predicted molar refractivity (Wildman–Crippen MR) is 79.1 cm³/mol. The average molecular weight is 271 g/mol. The Hall–Kier alpha value is -1.65. The van der Waals surface area contributed by atoms with Crippen molar-refractivity contribution < 1.29 is 4.74 Å². The van der Waals surface area contributed by atoms with Crippen LogP contribution >= 0.6 is 0 Å². The Balaban J connectivity index is 1.84. The monoisotopic (exact) mass is 271 g/mol. The second kappa shape index (κ2) is 6.20. The zero-order chi connectivity index (χ0) is 13.8. The molecule has 0 bridgehead atoms. The number of nitrogens with zero attached hydrogens (tertiary/aromatic N) is 2. The lowest BCUT2D eigenvalue weighted by Gasteiger charge is -2.24. The fraction of sp³-hybridized carbons (Fsp3) is 0.438. The first-order valence-electron chi connectivity index (χ1n) is 7.32. The van der Waals surface area contributed by atoms with E-state index in [0.29, 0.717) is 0 Å². The van der Waals surface area contributed by atoms with Gasteiger partial charge in [-0.1, -0.05) is 25.5 Å². The van der Waals surface area contributed by atoms with E-state index in [9.17, 15) is 0 Å². The van der Waals surface area contributed by atoms with E-state index in [2.05, 4.69) is 46.1 Å². The summed E-state index contributed by atoms with van der Waals surface area (Å²) in [6, 6.07) is 8.71. The van der Waals surface area contributed by atoms with Crippen LogP contribution in [0, 0.1) is 0 Å². The van der Waals surface area contributed by atoms with E-state index in [-0.39, 0.29) is 6.10 Å². The van der Waals surface area contributed by atoms with E-state index < -0.39 is 0 Å². The lowest BCUT2D eigenvalue weighted by Crippen LogP contribution is -2.34. The lowest BCUT2D eigenvalue weighted by atomic mass is 10.1. The van der Waals surface area contributed by atoms with Gasteiger partial charge in [0.25, 0.3) is 0 Å². The third kappa shape index (κ3) is 2.76. The molecule has 106 valence electrons. The van der Waals surface area contributed by atoms with Crippen molar-refractivity contribution in [3.8, 4) is 5.69 Å². The molecular formula is C16H21N3O. The molecule has 0 amide bonds. The smallest absolute Gasteiger partial charge is 0.112 e. The van der Waals surface area contributed by atoms with Crippen molar-refractivity contribution in [2.45, 2.75) is 25.9 Å². The molecule has 0 saturated carbocycles. The first-order chi connectivity index (χ1) is 9.88. The number of ether oxygens (including phenoxy) is 1. The molecule has 4 heteroatoms. The second-order valence-electron chi connectivity index (χ2n) is 5.17. The standard InChI is InChI=1S/C16H21N3O/c1-2-3-13-4-6-14(7-5-13)19-12-18-10-15(19)16-11-17-8-9-20-16/h4-7,10,12,16-17H,2-3,8-9,11H2,1H3. The summed E-state index contributed by atoms with van der Waals surface area (Å²) in [5.74, 6) is 0. The minimum absolute atomic E-state index is 0.0848. The van der Waals surface area contributed by atoms with Gasteiger partial charge in [-0.15, -0.1) is 0 Å². The molecule has 2 heterocycles. The van der Waals surface area contributed by atoms with Crippen molar-refractivity contribution in [2.24, 2.45) is 0 Å². The van der Waals surface area contributed by atoms with Crippen LogP contribution in [0.15, 0.2) is 36.8 Å². The van der Waals surface area contributed by atoms with Crippen LogP contribution in [0.5, 0.6) is 0 Å². The molecule has 1 fully saturated rings. The maximum atomic E-state index is 5.82. The summed E-state index contributed by atoms with van der Waals surface area (Å²) >= 11 is 0. The largest absolute Gasteiger partial charge is 0.369 e. The predicted octanol–water partition coefficient (Wildman–Crippen LogP) is 2.49. The quantitative estimate of drug-likeness (QED) is 0.928. The summed E-state index contributed by atoms with van der Waals surface area (Å²) in [5.41, 5.74) is 3.64. The molecule has 4 nitrogen and oxygen atoms in total. The molecule has 20 heavy (non-hydrogen) atoms. The summed E-state index contributed by atoms with van der Waals surface area (Å²) in [7, 11) is 0. The first kappa shape index (κ1) is 13.3. The van der Waals surface area contributed by atoms with Crippen LogP contribution in [0.2, 0.25) is 0 Å². The Morgan fingerprint density at radius 1 is 1.35 bits per heavy atom. The molecule has 1 aromatic carbocycles. The van der Waals surface area contributed by atoms with Crippen molar-refractivity contribution in [2.75, 3.05) is 19.7 Å². The van der Waals surface area contributed by atoms with Gasteiger partial charge in [-0.3, -0.25) is 0 Å². The molecular weight excluding hydrogens is 250 g/mol. The van der Waals surface area contributed by atoms with Gasteiger partial charge in [0.05, 0.1) is 24.8 Å². The molecule has 1 atom stereocenters. The maximum absolute atomic E-state index is 5.82. The third-order valence-electron chi connectivity index (χ3n) is 3.68. The summed E-state index contributed by atoms with van der Waals surface area (Å²) in [4.78, 5) is 4.29. The first-order valence-corrected chi connectivity index (χ1v) is 7.32. The van der Waals surface area contributed by atoms with Crippen LogP contribution in [0.3, 0.4) is 0 Å². The molecule has 0 radical (unpaired) electrons. The fourth-order valence-corrected chi connectivity index (χ4v) is 2.63.